The molecule has 0 bridgehead atoms. The van der Waals surface area contributed by atoms with Crippen LogP contribution in [0.3, 0.4) is 0 Å². The summed E-state index contributed by atoms with van der Waals surface area (Å²) >= 11 is 0. The minimum atomic E-state index is -0.197. The molecule has 0 saturated carbocycles. The lowest BCUT2D eigenvalue weighted by Crippen LogP contribution is -2.16. The molecule has 0 aliphatic carbocycles. The molecule has 2 aromatic heterocycles. The fourth-order valence-corrected chi connectivity index (χ4v) is 3.95. The predicted molar refractivity (Wildman–Crippen MR) is 132 cm³/mol. The number of carbonyl (C=O) groups excluding carboxylic acids is 1. The largest absolute Gasteiger partial charge is 0.341 e. The van der Waals surface area contributed by atoms with Crippen LogP contribution >= 0.6 is 0 Å². The molecule has 0 aliphatic rings. The van der Waals surface area contributed by atoms with Crippen molar-refractivity contribution in [3.63, 3.8) is 0 Å². The second-order valence-corrected chi connectivity index (χ2v) is 7.72. The van der Waals surface area contributed by atoms with Crippen LogP contribution in [0.25, 0.3) is 16.6 Å². The lowest BCUT2D eigenvalue weighted by atomic mass is 10.0. The van der Waals surface area contributed by atoms with Gasteiger partial charge in [-0.05, 0) is 29.8 Å². The van der Waals surface area contributed by atoms with Crippen molar-refractivity contribution in [3.05, 3.63) is 131 Å². The highest BCUT2D eigenvalue weighted by Crippen LogP contribution is 2.27. The van der Waals surface area contributed by atoms with E-state index in [9.17, 15) is 9.59 Å². The highest BCUT2D eigenvalue weighted by molar-refractivity contribution is 6.08. The lowest BCUT2D eigenvalue weighted by Gasteiger charge is -2.20. The van der Waals surface area contributed by atoms with E-state index in [-0.39, 0.29) is 17.6 Å². The van der Waals surface area contributed by atoms with Crippen molar-refractivity contribution in [1.29, 1.82) is 0 Å². The minimum Gasteiger partial charge on any atom is -0.341 e. The first-order valence-corrected chi connectivity index (χ1v) is 10.7. The summed E-state index contributed by atoms with van der Waals surface area (Å²) < 4.78 is 1.92. The Morgan fingerprint density at radius 2 is 1.45 bits per heavy atom. The molecule has 0 saturated heterocycles. The average Bonchev–Trinajstić information content (AvgIpc) is 2.86. The molecular weight excluding hydrogens is 410 g/mol. The lowest BCUT2D eigenvalue weighted by molar-refractivity contribution is 0.0994. The first kappa shape index (κ1) is 20.4. The van der Waals surface area contributed by atoms with Gasteiger partial charge in [0.25, 0.3) is 0 Å². The molecule has 1 N–H and O–H groups in total. The number of para-hydroxylation sites is 2. The number of pyridine rings is 2. The summed E-state index contributed by atoms with van der Waals surface area (Å²) in [4.78, 5) is 30.7. The number of carbonyl (C=O) groups is 1. The number of Topliss-reactive ketones (excluding diaryl/α,β-unsaturated/α-hetero) is 1. The van der Waals surface area contributed by atoms with E-state index < -0.39 is 0 Å². The number of hydrogen-bond donors (Lipinski definition) is 1. The highest BCUT2D eigenvalue weighted by Gasteiger charge is 2.19. The molecule has 0 amide bonds. The molecule has 0 spiro atoms. The van der Waals surface area contributed by atoms with Crippen LogP contribution in [0.1, 0.15) is 15.9 Å². The van der Waals surface area contributed by atoms with Gasteiger partial charge >= 0.3 is 0 Å². The Labute approximate surface area is 191 Å². The number of aromatic nitrogens is 2. The van der Waals surface area contributed by atoms with Gasteiger partial charge in [0.05, 0.1) is 16.5 Å². The van der Waals surface area contributed by atoms with Crippen molar-refractivity contribution in [1.82, 2.24) is 9.55 Å². The van der Waals surface area contributed by atoms with Gasteiger partial charge in [-0.3, -0.25) is 19.1 Å². The quantitative estimate of drug-likeness (QED) is 0.358. The molecule has 3 aromatic carbocycles. The molecule has 5 aromatic rings. The number of hydrogen-bond acceptors (Lipinski definition) is 4. The molecule has 0 atom stereocenters. The highest BCUT2D eigenvalue weighted by atomic mass is 16.1. The third-order valence-electron chi connectivity index (χ3n) is 5.48. The normalized spacial score (nSPS) is 10.8. The maximum Gasteiger partial charge on any atom is 0.193 e. The van der Waals surface area contributed by atoms with E-state index in [4.69, 9.17) is 0 Å². The van der Waals surface area contributed by atoms with Crippen LogP contribution in [0.15, 0.2) is 114 Å². The van der Waals surface area contributed by atoms with Gasteiger partial charge in [0.2, 0.25) is 0 Å². The van der Waals surface area contributed by atoms with Crippen LogP contribution in [0.5, 0.6) is 0 Å². The van der Waals surface area contributed by atoms with Crippen molar-refractivity contribution < 1.29 is 4.79 Å². The maximum absolute atomic E-state index is 13.4. The van der Waals surface area contributed by atoms with E-state index in [1.165, 1.54) is 6.20 Å². The SMILES string of the molecule is O=C(Cc1ccccc1)c1cncc2c(=O)cc(Nc3ccccc3)n(-c3ccccc3)c12. The number of ketones is 1. The Balaban J connectivity index is 1.75. The monoisotopic (exact) mass is 431 g/mol. The van der Waals surface area contributed by atoms with Crippen LogP contribution in [0.2, 0.25) is 0 Å². The van der Waals surface area contributed by atoms with Gasteiger partial charge < -0.3 is 5.32 Å². The Hall–Kier alpha value is -4.51. The number of nitrogens with zero attached hydrogens (tertiary/aromatic N) is 2. The van der Waals surface area contributed by atoms with Gasteiger partial charge in [-0.1, -0.05) is 66.7 Å². The maximum atomic E-state index is 13.4. The van der Waals surface area contributed by atoms with E-state index in [1.807, 2.05) is 95.6 Å². The zero-order valence-electron chi connectivity index (χ0n) is 17.8. The van der Waals surface area contributed by atoms with Crippen molar-refractivity contribution in [3.8, 4) is 5.69 Å². The summed E-state index contributed by atoms with van der Waals surface area (Å²) in [5.41, 5.74) is 3.34. The predicted octanol–water partition coefficient (Wildman–Crippen LogP) is 5.55. The summed E-state index contributed by atoms with van der Waals surface area (Å²) in [7, 11) is 0. The Morgan fingerprint density at radius 1 is 0.818 bits per heavy atom. The molecular formula is C28H21N3O2. The molecule has 33 heavy (non-hydrogen) atoms. The molecule has 0 radical (unpaired) electrons. The number of fused-ring (bicyclic) bond motifs is 1. The number of rotatable bonds is 6. The molecule has 0 aliphatic heterocycles. The summed E-state index contributed by atoms with van der Waals surface area (Å²) in [5.74, 6) is 0.477. The van der Waals surface area contributed by atoms with Crippen molar-refractivity contribution in [2.45, 2.75) is 6.42 Å². The van der Waals surface area contributed by atoms with Crippen LogP contribution in [0.4, 0.5) is 11.5 Å². The van der Waals surface area contributed by atoms with Gasteiger partial charge in [0, 0.05) is 36.3 Å². The summed E-state index contributed by atoms with van der Waals surface area (Å²) in [6.07, 6.45) is 3.31. The Morgan fingerprint density at radius 3 is 2.15 bits per heavy atom. The molecule has 5 rings (SSSR count). The fourth-order valence-electron chi connectivity index (χ4n) is 3.95. The number of benzene rings is 3. The summed E-state index contributed by atoms with van der Waals surface area (Å²) in [5, 5.41) is 3.75. The Bertz CT molecular complexity index is 1480. The fraction of sp³-hybridized carbons (Fsp3) is 0.0357. The molecule has 5 heteroatoms. The second-order valence-electron chi connectivity index (χ2n) is 7.72. The number of anilines is 2. The van der Waals surface area contributed by atoms with E-state index in [0.29, 0.717) is 22.3 Å². The van der Waals surface area contributed by atoms with Crippen molar-refractivity contribution in [2.24, 2.45) is 0 Å². The second kappa shape index (κ2) is 8.93. The topological polar surface area (TPSA) is 64.0 Å². The third kappa shape index (κ3) is 4.16. The van der Waals surface area contributed by atoms with E-state index in [0.717, 1.165) is 16.9 Å². The first-order chi connectivity index (χ1) is 16.2. The van der Waals surface area contributed by atoms with Crippen LogP contribution < -0.4 is 10.7 Å². The van der Waals surface area contributed by atoms with Crippen molar-refractivity contribution in [2.75, 3.05) is 5.32 Å². The van der Waals surface area contributed by atoms with Gasteiger partial charge in [0.15, 0.2) is 11.2 Å². The van der Waals surface area contributed by atoms with Crippen LogP contribution in [0, 0.1) is 0 Å². The van der Waals surface area contributed by atoms with Crippen LogP contribution in [-0.2, 0) is 6.42 Å². The van der Waals surface area contributed by atoms with Gasteiger partial charge in [-0.2, -0.15) is 0 Å². The van der Waals surface area contributed by atoms with Crippen LogP contribution in [-0.4, -0.2) is 15.3 Å². The zero-order valence-corrected chi connectivity index (χ0v) is 17.8. The molecule has 2 heterocycles. The summed E-state index contributed by atoms with van der Waals surface area (Å²) in [6.45, 7) is 0. The third-order valence-corrected chi connectivity index (χ3v) is 5.48. The molecule has 0 unspecified atom stereocenters. The average molecular weight is 431 g/mol. The molecule has 160 valence electrons. The molecule has 5 nitrogen and oxygen atoms in total. The van der Waals surface area contributed by atoms with Crippen molar-refractivity contribution >= 4 is 28.2 Å². The standard InChI is InChI=1S/C28H21N3O2/c32-25(16-20-10-4-1-5-11-20)23-18-29-19-24-26(33)17-27(30-21-12-6-2-7-13-21)31(28(23)24)22-14-8-3-9-15-22/h1-15,17-19,30H,16H2. The zero-order chi connectivity index (χ0) is 22.6. The van der Waals surface area contributed by atoms with Gasteiger partial charge in [0.1, 0.15) is 5.82 Å². The Kier molecular flexibility index (Phi) is 5.52. The minimum absolute atomic E-state index is 0.0970. The number of nitrogens with one attached hydrogen (secondary N) is 1. The summed E-state index contributed by atoms with van der Waals surface area (Å²) in [6, 6.07) is 30.5. The van der Waals surface area contributed by atoms with Gasteiger partial charge in [-0.15, -0.1) is 0 Å². The van der Waals surface area contributed by atoms with E-state index >= 15 is 0 Å². The van der Waals surface area contributed by atoms with E-state index in [2.05, 4.69) is 10.3 Å². The van der Waals surface area contributed by atoms with E-state index in [1.54, 1.807) is 12.3 Å². The smallest absolute Gasteiger partial charge is 0.193 e. The van der Waals surface area contributed by atoms with Gasteiger partial charge in [-0.25, -0.2) is 0 Å². The first-order valence-electron chi connectivity index (χ1n) is 10.7. The molecule has 0 fully saturated rings.